The fourth-order valence-electron chi connectivity index (χ4n) is 4.26. The zero-order chi connectivity index (χ0) is 23.1. The second-order valence-corrected chi connectivity index (χ2v) is 9.05. The summed E-state index contributed by atoms with van der Waals surface area (Å²) in [6, 6.07) is 22.3. The Bertz CT molecular complexity index is 1430. The SMILES string of the molecule is Cc1cc(/C=C2\SC(=O)N(Cc3ccc(F)cc3)C2=O)c(C)n1-c1cccc2ccccc12. The third-order valence-electron chi connectivity index (χ3n) is 5.89. The lowest BCUT2D eigenvalue weighted by Crippen LogP contribution is -2.27. The normalized spacial score (nSPS) is 15.2. The number of amides is 2. The Balaban J connectivity index is 1.48. The van der Waals surface area contributed by atoms with Crippen LogP contribution in [0.25, 0.3) is 22.5 Å². The standard InChI is InChI=1S/C27H21FN2O2S/c1-17-14-21(18(2)30(17)24-9-5-7-20-6-3-4-8-23(20)24)15-25-26(31)29(27(32)33-25)16-19-10-12-22(28)13-11-19/h3-15H,16H2,1-2H3/b25-15-. The predicted molar refractivity (Wildman–Crippen MR) is 131 cm³/mol. The van der Waals surface area contributed by atoms with Crippen LogP contribution in [0.4, 0.5) is 9.18 Å². The number of fused-ring (bicyclic) bond motifs is 1. The van der Waals surface area contributed by atoms with Crippen LogP contribution in [0.2, 0.25) is 0 Å². The molecule has 1 aromatic heterocycles. The number of aromatic nitrogens is 1. The first-order chi connectivity index (χ1) is 15.9. The number of hydrogen-bond donors (Lipinski definition) is 0. The van der Waals surface area contributed by atoms with E-state index >= 15 is 0 Å². The number of hydrogen-bond acceptors (Lipinski definition) is 3. The van der Waals surface area contributed by atoms with Gasteiger partial charge in [0.1, 0.15) is 5.82 Å². The Morgan fingerprint density at radius 2 is 1.67 bits per heavy atom. The Morgan fingerprint density at radius 1 is 0.939 bits per heavy atom. The van der Waals surface area contributed by atoms with Crippen LogP contribution in [0.1, 0.15) is 22.5 Å². The van der Waals surface area contributed by atoms with Gasteiger partial charge in [0.2, 0.25) is 0 Å². The van der Waals surface area contributed by atoms with Crippen molar-refractivity contribution in [2.24, 2.45) is 0 Å². The highest BCUT2D eigenvalue weighted by Crippen LogP contribution is 2.35. The molecule has 2 amide bonds. The Labute approximate surface area is 195 Å². The van der Waals surface area contributed by atoms with Crippen molar-refractivity contribution >= 4 is 39.8 Å². The van der Waals surface area contributed by atoms with Gasteiger partial charge >= 0.3 is 0 Å². The molecule has 0 aliphatic carbocycles. The van der Waals surface area contributed by atoms with Crippen LogP contribution >= 0.6 is 11.8 Å². The van der Waals surface area contributed by atoms with E-state index < -0.39 is 0 Å². The van der Waals surface area contributed by atoms with Crippen LogP contribution in [-0.2, 0) is 11.3 Å². The van der Waals surface area contributed by atoms with Gasteiger partial charge in [-0.2, -0.15) is 0 Å². The van der Waals surface area contributed by atoms with Gasteiger partial charge in [0.25, 0.3) is 11.1 Å². The lowest BCUT2D eigenvalue weighted by Gasteiger charge is -2.13. The van der Waals surface area contributed by atoms with Gasteiger partial charge in [-0.05, 0) is 72.5 Å². The molecule has 0 unspecified atom stereocenters. The van der Waals surface area contributed by atoms with E-state index in [0.29, 0.717) is 10.5 Å². The molecule has 2 heterocycles. The Morgan fingerprint density at radius 3 is 2.45 bits per heavy atom. The topological polar surface area (TPSA) is 42.3 Å². The smallest absolute Gasteiger partial charge is 0.293 e. The molecule has 6 heteroatoms. The van der Waals surface area contributed by atoms with E-state index in [1.807, 2.05) is 38.1 Å². The first-order valence-corrected chi connectivity index (χ1v) is 11.4. The molecule has 1 aliphatic rings. The maximum Gasteiger partial charge on any atom is 0.293 e. The third-order valence-corrected chi connectivity index (χ3v) is 6.80. The Hall–Kier alpha value is -3.64. The van der Waals surface area contributed by atoms with E-state index in [0.717, 1.165) is 45.2 Å². The summed E-state index contributed by atoms with van der Waals surface area (Å²) in [5, 5.41) is 1.98. The lowest BCUT2D eigenvalue weighted by atomic mass is 10.1. The first kappa shape index (κ1) is 21.2. The van der Waals surface area contributed by atoms with Crippen LogP contribution in [0, 0.1) is 19.7 Å². The summed E-state index contributed by atoms with van der Waals surface area (Å²) in [5.74, 6) is -0.682. The molecule has 0 atom stereocenters. The van der Waals surface area contributed by atoms with Crippen molar-refractivity contribution < 1.29 is 14.0 Å². The molecule has 3 aromatic carbocycles. The highest BCUT2D eigenvalue weighted by molar-refractivity contribution is 8.18. The average Bonchev–Trinajstić information content (AvgIpc) is 3.24. The van der Waals surface area contributed by atoms with Gasteiger partial charge in [-0.1, -0.05) is 48.5 Å². The number of rotatable bonds is 4. The molecule has 164 valence electrons. The summed E-state index contributed by atoms with van der Waals surface area (Å²) in [5.41, 5.74) is 4.71. The van der Waals surface area contributed by atoms with E-state index in [4.69, 9.17) is 0 Å². The molecular weight excluding hydrogens is 435 g/mol. The fraction of sp³-hybridized carbons (Fsp3) is 0.111. The first-order valence-electron chi connectivity index (χ1n) is 10.6. The van der Waals surface area contributed by atoms with Crippen molar-refractivity contribution in [3.05, 3.63) is 106 Å². The average molecular weight is 457 g/mol. The minimum absolute atomic E-state index is 0.122. The quantitative estimate of drug-likeness (QED) is 0.324. The van der Waals surface area contributed by atoms with E-state index in [1.54, 1.807) is 18.2 Å². The summed E-state index contributed by atoms with van der Waals surface area (Å²) in [7, 11) is 0. The van der Waals surface area contributed by atoms with Gasteiger partial charge in [0.05, 0.1) is 17.1 Å². The van der Waals surface area contributed by atoms with E-state index in [9.17, 15) is 14.0 Å². The van der Waals surface area contributed by atoms with Crippen molar-refractivity contribution in [2.45, 2.75) is 20.4 Å². The van der Waals surface area contributed by atoms with Crippen molar-refractivity contribution in [2.75, 3.05) is 0 Å². The van der Waals surface area contributed by atoms with Crippen LogP contribution in [0.5, 0.6) is 0 Å². The van der Waals surface area contributed by atoms with Crippen molar-refractivity contribution in [3.8, 4) is 5.69 Å². The summed E-state index contributed by atoms with van der Waals surface area (Å²) < 4.78 is 15.4. The second-order valence-electron chi connectivity index (χ2n) is 8.05. The molecule has 0 N–H and O–H groups in total. The summed E-state index contributed by atoms with van der Waals surface area (Å²) in [6.07, 6.45) is 1.79. The second kappa shape index (κ2) is 8.37. The van der Waals surface area contributed by atoms with Gasteiger partial charge in [0, 0.05) is 16.8 Å². The monoisotopic (exact) mass is 456 g/mol. The van der Waals surface area contributed by atoms with Gasteiger partial charge in [-0.3, -0.25) is 14.5 Å². The van der Waals surface area contributed by atoms with Crippen LogP contribution < -0.4 is 0 Å². The number of nitrogens with zero attached hydrogens (tertiary/aromatic N) is 2. The van der Waals surface area contributed by atoms with Gasteiger partial charge < -0.3 is 4.57 Å². The number of thioether (sulfide) groups is 1. The maximum absolute atomic E-state index is 13.2. The number of carbonyl (C=O) groups excluding carboxylic acids is 2. The molecule has 0 radical (unpaired) electrons. The van der Waals surface area contributed by atoms with E-state index in [2.05, 4.69) is 28.8 Å². The molecule has 1 aliphatic heterocycles. The van der Waals surface area contributed by atoms with Crippen LogP contribution in [-0.4, -0.2) is 20.6 Å². The van der Waals surface area contributed by atoms with Crippen LogP contribution in [0.15, 0.2) is 77.7 Å². The van der Waals surface area contributed by atoms with E-state index in [1.165, 1.54) is 17.0 Å². The zero-order valence-corrected chi connectivity index (χ0v) is 19.0. The zero-order valence-electron chi connectivity index (χ0n) is 18.2. The third kappa shape index (κ3) is 3.87. The van der Waals surface area contributed by atoms with Crippen molar-refractivity contribution in [3.63, 3.8) is 0 Å². The molecule has 0 bridgehead atoms. The molecular formula is C27H21FN2O2S. The van der Waals surface area contributed by atoms with Crippen molar-refractivity contribution in [1.82, 2.24) is 9.47 Å². The highest BCUT2D eigenvalue weighted by atomic mass is 32.2. The fourth-order valence-corrected chi connectivity index (χ4v) is 5.09. The Kier molecular flexibility index (Phi) is 5.38. The summed E-state index contributed by atoms with van der Waals surface area (Å²) in [6.45, 7) is 4.17. The number of imide groups is 1. The summed E-state index contributed by atoms with van der Waals surface area (Å²) >= 11 is 0.936. The highest BCUT2D eigenvalue weighted by Gasteiger charge is 2.35. The van der Waals surface area contributed by atoms with E-state index in [-0.39, 0.29) is 23.5 Å². The largest absolute Gasteiger partial charge is 0.317 e. The molecule has 1 saturated heterocycles. The molecule has 5 rings (SSSR count). The molecule has 0 saturated carbocycles. The minimum atomic E-state index is -0.352. The van der Waals surface area contributed by atoms with Crippen molar-refractivity contribution in [1.29, 1.82) is 0 Å². The number of benzene rings is 3. The molecule has 33 heavy (non-hydrogen) atoms. The minimum Gasteiger partial charge on any atom is -0.317 e. The molecule has 0 spiro atoms. The number of halogens is 1. The molecule has 4 aromatic rings. The molecule has 4 nitrogen and oxygen atoms in total. The number of carbonyl (C=O) groups is 2. The van der Waals surface area contributed by atoms with Gasteiger partial charge in [-0.25, -0.2) is 4.39 Å². The maximum atomic E-state index is 13.2. The lowest BCUT2D eigenvalue weighted by molar-refractivity contribution is -0.123. The van der Waals surface area contributed by atoms with Crippen LogP contribution in [0.3, 0.4) is 0 Å². The predicted octanol–water partition coefficient (Wildman–Crippen LogP) is 6.62. The summed E-state index contributed by atoms with van der Waals surface area (Å²) in [4.78, 5) is 27.1. The van der Waals surface area contributed by atoms with Gasteiger partial charge in [0.15, 0.2) is 0 Å². The molecule has 1 fully saturated rings. The number of aryl methyl sites for hydroxylation is 1. The van der Waals surface area contributed by atoms with Gasteiger partial charge in [-0.15, -0.1) is 0 Å².